The Morgan fingerprint density at radius 2 is 2.12 bits per heavy atom. The second-order valence-electron chi connectivity index (χ2n) is 5.35. The van der Waals surface area contributed by atoms with Gasteiger partial charge in [0, 0.05) is 6.04 Å². The first-order valence-corrected chi connectivity index (χ1v) is 5.84. The molecule has 2 unspecified atom stereocenters. The van der Waals surface area contributed by atoms with Gasteiger partial charge in [0.15, 0.2) is 0 Å². The number of nitrogens with one attached hydrogen (secondary N) is 1. The van der Waals surface area contributed by atoms with Gasteiger partial charge >= 0.3 is 0 Å². The second-order valence-corrected chi connectivity index (χ2v) is 5.35. The average Bonchev–Trinajstić information content (AvgIpc) is 2.50. The summed E-state index contributed by atoms with van der Waals surface area (Å²) in [4.78, 5) is 0. The zero-order valence-corrected chi connectivity index (χ0v) is 10.2. The molecule has 0 radical (unpaired) electrons. The number of hydrogen-bond acceptors (Lipinski definition) is 1. The van der Waals surface area contributed by atoms with Crippen LogP contribution in [0.4, 0.5) is 0 Å². The normalized spacial score (nSPS) is 23.5. The van der Waals surface area contributed by atoms with E-state index in [9.17, 15) is 0 Å². The molecule has 1 aliphatic rings. The van der Waals surface area contributed by atoms with Gasteiger partial charge in [0.1, 0.15) is 0 Å². The predicted octanol–water partition coefficient (Wildman–Crippen LogP) is 2.92. The third-order valence-corrected chi connectivity index (χ3v) is 3.46. The minimum Gasteiger partial charge on any atom is -0.296 e. The van der Waals surface area contributed by atoms with E-state index in [1.165, 1.54) is 11.1 Å². The number of rotatable bonds is 2. The molecule has 0 amide bonds. The van der Waals surface area contributed by atoms with E-state index >= 15 is 0 Å². The lowest BCUT2D eigenvalue weighted by atomic mass is 9.85. The van der Waals surface area contributed by atoms with Crippen LogP contribution in [-0.4, -0.2) is 6.04 Å². The summed E-state index contributed by atoms with van der Waals surface area (Å²) >= 11 is 0. The topological polar surface area (TPSA) is 12.0 Å². The average molecular weight is 213 g/mol. The summed E-state index contributed by atoms with van der Waals surface area (Å²) in [6.07, 6.45) is 6.57. The molecule has 1 N–H and O–H groups in total. The lowest BCUT2D eigenvalue weighted by Gasteiger charge is -2.30. The number of fused-ring (bicyclic) bond motifs is 1. The fourth-order valence-corrected chi connectivity index (χ4v) is 2.60. The molecule has 0 saturated carbocycles. The van der Waals surface area contributed by atoms with Crippen LogP contribution in [0.3, 0.4) is 0 Å². The van der Waals surface area contributed by atoms with E-state index < -0.39 is 0 Å². The minimum absolute atomic E-state index is 0.121. The minimum atomic E-state index is 0.121. The van der Waals surface area contributed by atoms with Crippen LogP contribution in [0.15, 0.2) is 24.3 Å². The van der Waals surface area contributed by atoms with Crippen molar-refractivity contribution in [2.24, 2.45) is 5.41 Å². The highest BCUT2D eigenvalue weighted by molar-refractivity contribution is 5.37. The van der Waals surface area contributed by atoms with Gasteiger partial charge in [-0.1, -0.05) is 44.0 Å². The largest absolute Gasteiger partial charge is 0.296 e. The highest BCUT2D eigenvalue weighted by atomic mass is 15.0. The van der Waals surface area contributed by atoms with Gasteiger partial charge in [0.2, 0.25) is 0 Å². The summed E-state index contributed by atoms with van der Waals surface area (Å²) in [5.41, 5.74) is 3.11. The summed E-state index contributed by atoms with van der Waals surface area (Å²) in [7, 11) is 0. The molecule has 1 aromatic rings. The Morgan fingerprint density at radius 3 is 2.81 bits per heavy atom. The van der Waals surface area contributed by atoms with Crippen LogP contribution in [0.1, 0.15) is 37.9 Å². The molecule has 1 heteroatoms. The molecule has 1 aromatic carbocycles. The third kappa shape index (κ3) is 1.86. The smallest absolute Gasteiger partial charge is 0.0663 e. The lowest BCUT2D eigenvalue weighted by molar-refractivity contribution is 0.263. The third-order valence-electron chi connectivity index (χ3n) is 3.46. The Balaban J connectivity index is 2.32. The molecule has 0 fully saturated rings. The molecule has 16 heavy (non-hydrogen) atoms. The van der Waals surface area contributed by atoms with E-state index in [2.05, 4.69) is 49.4 Å². The molecule has 0 saturated heterocycles. The van der Waals surface area contributed by atoms with Crippen LogP contribution in [0.5, 0.6) is 0 Å². The standard InChI is InChI=1S/C15H19N/c1-5-11(2)16-14-13-9-7-6-8-12(13)10-15(14,3)4/h1,6-9,11,14,16H,10H2,2-4H3. The number of hydrogen-bond donors (Lipinski definition) is 1. The first-order chi connectivity index (χ1) is 7.54. The fraction of sp³-hybridized carbons (Fsp3) is 0.467. The van der Waals surface area contributed by atoms with Crippen LogP contribution in [0.2, 0.25) is 0 Å². The molecule has 0 heterocycles. The van der Waals surface area contributed by atoms with Crippen LogP contribution in [-0.2, 0) is 6.42 Å². The molecule has 0 spiro atoms. The maximum Gasteiger partial charge on any atom is 0.0663 e. The van der Waals surface area contributed by atoms with Gasteiger partial charge in [-0.15, -0.1) is 6.42 Å². The fourth-order valence-electron chi connectivity index (χ4n) is 2.60. The van der Waals surface area contributed by atoms with E-state index in [0.717, 1.165) is 6.42 Å². The number of benzene rings is 1. The quantitative estimate of drug-likeness (QED) is 0.745. The zero-order chi connectivity index (χ0) is 11.8. The molecule has 0 aromatic heterocycles. The molecule has 0 aliphatic heterocycles. The summed E-state index contributed by atoms with van der Waals surface area (Å²) in [5, 5.41) is 3.54. The van der Waals surface area contributed by atoms with Crippen LogP contribution in [0, 0.1) is 17.8 Å². The van der Waals surface area contributed by atoms with Crippen LogP contribution >= 0.6 is 0 Å². The van der Waals surface area contributed by atoms with Crippen molar-refractivity contribution in [1.29, 1.82) is 0 Å². The van der Waals surface area contributed by atoms with Gasteiger partial charge in [-0.25, -0.2) is 0 Å². The van der Waals surface area contributed by atoms with Crippen molar-refractivity contribution in [1.82, 2.24) is 5.32 Å². The number of terminal acetylenes is 1. The SMILES string of the molecule is C#CC(C)NC1c2ccccc2CC1(C)C. The van der Waals surface area contributed by atoms with Gasteiger partial charge in [0.25, 0.3) is 0 Å². The summed E-state index contributed by atoms with van der Waals surface area (Å²) in [5.74, 6) is 2.75. The summed E-state index contributed by atoms with van der Waals surface area (Å²) in [6.45, 7) is 6.64. The maximum atomic E-state index is 5.45. The predicted molar refractivity (Wildman–Crippen MR) is 68.1 cm³/mol. The highest BCUT2D eigenvalue weighted by Crippen LogP contribution is 2.45. The second kappa shape index (κ2) is 3.96. The molecule has 1 aliphatic carbocycles. The van der Waals surface area contributed by atoms with Crippen molar-refractivity contribution < 1.29 is 0 Å². The molecule has 2 rings (SSSR count). The van der Waals surface area contributed by atoms with Gasteiger partial charge in [-0.2, -0.15) is 0 Å². The van der Waals surface area contributed by atoms with Crippen molar-refractivity contribution in [2.45, 2.75) is 39.3 Å². The molecule has 0 bridgehead atoms. The Hall–Kier alpha value is -1.26. The van der Waals surface area contributed by atoms with Crippen molar-refractivity contribution in [3.63, 3.8) is 0 Å². The Kier molecular flexibility index (Phi) is 2.78. The van der Waals surface area contributed by atoms with Crippen molar-refractivity contribution in [3.8, 4) is 12.3 Å². The van der Waals surface area contributed by atoms with E-state index in [0.29, 0.717) is 6.04 Å². The van der Waals surface area contributed by atoms with Gasteiger partial charge in [0.05, 0.1) is 6.04 Å². The van der Waals surface area contributed by atoms with Crippen LogP contribution < -0.4 is 5.32 Å². The first-order valence-electron chi connectivity index (χ1n) is 5.84. The lowest BCUT2D eigenvalue weighted by Crippen LogP contribution is -2.36. The van der Waals surface area contributed by atoms with E-state index in [-0.39, 0.29) is 11.5 Å². The molecule has 2 atom stereocenters. The van der Waals surface area contributed by atoms with Gasteiger partial charge in [-0.05, 0) is 29.9 Å². The maximum absolute atomic E-state index is 5.45. The van der Waals surface area contributed by atoms with E-state index in [1.807, 2.05) is 6.92 Å². The van der Waals surface area contributed by atoms with Gasteiger partial charge < -0.3 is 0 Å². The Labute approximate surface area is 98.3 Å². The molecule has 84 valence electrons. The van der Waals surface area contributed by atoms with Crippen molar-refractivity contribution >= 4 is 0 Å². The summed E-state index contributed by atoms with van der Waals surface area (Å²) in [6, 6.07) is 9.15. The van der Waals surface area contributed by atoms with E-state index in [1.54, 1.807) is 0 Å². The summed E-state index contributed by atoms with van der Waals surface area (Å²) < 4.78 is 0. The molecule has 1 nitrogen and oxygen atoms in total. The monoisotopic (exact) mass is 213 g/mol. The van der Waals surface area contributed by atoms with Crippen molar-refractivity contribution in [3.05, 3.63) is 35.4 Å². The molecular weight excluding hydrogens is 194 g/mol. The van der Waals surface area contributed by atoms with E-state index in [4.69, 9.17) is 6.42 Å². The van der Waals surface area contributed by atoms with Gasteiger partial charge in [-0.3, -0.25) is 5.32 Å². The highest BCUT2D eigenvalue weighted by Gasteiger charge is 2.38. The zero-order valence-electron chi connectivity index (χ0n) is 10.2. The molecular formula is C15H19N. The Bertz CT molecular complexity index is 425. The Morgan fingerprint density at radius 1 is 1.44 bits per heavy atom. The van der Waals surface area contributed by atoms with Crippen molar-refractivity contribution in [2.75, 3.05) is 0 Å². The first kappa shape index (κ1) is 11.2. The van der Waals surface area contributed by atoms with Crippen LogP contribution in [0.25, 0.3) is 0 Å².